The molecule has 3 rings (SSSR count). The van der Waals surface area contributed by atoms with Crippen molar-refractivity contribution in [2.45, 2.75) is 25.8 Å². The fraction of sp³-hybridized carbons (Fsp3) is 0.611. The van der Waals surface area contributed by atoms with Gasteiger partial charge in [-0.25, -0.2) is 0 Å². The van der Waals surface area contributed by atoms with Gasteiger partial charge in [-0.3, -0.25) is 9.69 Å². The van der Waals surface area contributed by atoms with Gasteiger partial charge >= 0.3 is 0 Å². The molecule has 5 nitrogen and oxygen atoms in total. The van der Waals surface area contributed by atoms with Crippen LogP contribution in [0, 0.1) is 5.92 Å². The molecule has 2 atom stereocenters. The molecule has 0 aromatic heterocycles. The second-order valence-electron chi connectivity index (χ2n) is 6.82. The predicted octanol–water partition coefficient (Wildman–Crippen LogP) is 1.60. The number of phenolic OH excluding ortho intramolecular Hbond substituents is 1. The highest BCUT2D eigenvalue weighted by Gasteiger charge is 2.33. The number of carbonyl (C=O) groups excluding carboxylic acids is 1. The molecule has 0 bridgehead atoms. The maximum absolute atomic E-state index is 13.2. The van der Waals surface area contributed by atoms with Crippen molar-refractivity contribution in [1.82, 2.24) is 15.1 Å². The minimum Gasteiger partial charge on any atom is -0.508 e. The van der Waals surface area contributed by atoms with Gasteiger partial charge in [-0.1, -0.05) is 19.1 Å². The van der Waals surface area contributed by atoms with Crippen molar-refractivity contribution in [2.24, 2.45) is 5.92 Å². The van der Waals surface area contributed by atoms with Crippen LogP contribution in [0.2, 0.25) is 0 Å². The largest absolute Gasteiger partial charge is 0.508 e. The van der Waals surface area contributed by atoms with Crippen molar-refractivity contribution < 1.29 is 9.90 Å². The first kappa shape index (κ1) is 16.3. The number of nitrogens with one attached hydrogen (secondary N) is 1. The molecule has 23 heavy (non-hydrogen) atoms. The van der Waals surface area contributed by atoms with E-state index in [1.807, 2.05) is 17.0 Å². The highest BCUT2D eigenvalue weighted by Crippen LogP contribution is 2.28. The second kappa shape index (κ2) is 7.32. The number of hydrogen-bond donors (Lipinski definition) is 2. The molecule has 2 saturated heterocycles. The summed E-state index contributed by atoms with van der Waals surface area (Å²) in [7, 11) is 0. The van der Waals surface area contributed by atoms with E-state index in [9.17, 15) is 9.90 Å². The van der Waals surface area contributed by atoms with E-state index in [0.29, 0.717) is 5.92 Å². The van der Waals surface area contributed by atoms with E-state index in [4.69, 9.17) is 0 Å². The van der Waals surface area contributed by atoms with Crippen LogP contribution in [0.25, 0.3) is 0 Å². The highest BCUT2D eigenvalue weighted by atomic mass is 16.3. The van der Waals surface area contributed by atoms with E-state index in [2.05, 4.69) is 17.1 Å². The first-order chi connectivity index (χ1) is 11.1. The zero-order valence-corrected chi connectivity index (χ0v) is 13.9. The number of piperidine rings is 1. The fourth-order valence-corrected chi connectivity index (χ4v) is 3.71. The van der Waals surface area contributed by atoms with E-state index in [0.717, 1.165) is 51.3 Å². The Balaban J connectivity index is 1.86. The number of nitrogens with zero attached hydrogens (tertiary/aromatic N) is 2. The van der Waals surface area contributed by atoms with E-state index in [1.54, 1.807) is 12.1 Å². The van der Waals surface area contributed by atoms with Crippen LogP contribution in [0.5, 0.6) is 5.75 Å². The normalized spacial score (nSPS) is 24.4. The lowest BCUT2D eigenvalue weighted by Gasteiger charge is -2.39. The molecule has 0 radical (unpaired) electrons. The molecule has 126 valence electrons. The monoisotopic (exact) mass is 317 g/mol. The molecule has 2 fully saturated rings. The maximum Gasteiger partial charge on any atom is 0.244 e. The Labute approximate surface area is 138 Å². The molecule has 1 aromatic rings. The summed E-state index contributed by atoms with van der Waals surface area (Å²) in [6.07, 6.45) is 2.29. The zero-order valence-electron chi connectivity index (χ0n) is 13.9. The lowest BCUT2D eigenvalue weighted by atomic mass is 9.97. The summed E-state index contributed by atoms with van der Waals surface area (Å²) >= 11 is 0. The van der Waals surface area contributed by atoms with Crippen LogP contribution in [-0.4, -0.2) is 60.1 Å². The quantitative estimate of drug-likeness (QED) is 0.889. The van der Waals surface area contributed by atoms with E-state index < -0.39 is 0 Å². The van der Waals surface area contributed by atoms with Crippen LogP contribution >= 0.6 is 0 Å². The third-order valence-electron chi connectivity index (χ3n) is 4.91. The number of aromatic hydroxyl groups is 1. The SMILES string of the molecule is CC1CCCN(C(=O)C(c2cccc(O)c2)N2CCNCC2)C1. The topological polar surface area (TPSA) is 55.8 Å². The molecule has 0 saturated carbocycles. The van der Waals surface area contributed by atoms with Gasteiger partial charge in [-0.05, 0) is 36.5 Å². The number of phenols is 1. The summed E-state index contributed by atoms with van der Waals surface area (Å²) in [5.41, 5.74) is 0.898. The van der Waals surface area contributed by atoms with Gasteiger partial charge in [0, 0.05) is 39.3 Å². The van der Waals surface area contributed by atoms with Crippen molar-refractivity contribution in [1.29, 1.82) is 0 Å². The minimum atomic E-state index is -0.283. The standard InChI is InChI=1S/C18H27N3O2/c1-14-4-3-9-21(13-14)18(23)17(20-10-7-19-8-11-20)15-5-2-6-16(22)12-15/h2,5-6,12,14,17,19,22H,3-4,7-11,13H2,1H3. The number of rotatable bonds is 3. The van der Waals surface area contributed by atoms with Gasteiger partial charge in [0.1, 0.15) is 11.8 Å². The summed E-state index contributed by atoms with van der Waals surface area (Å²) in [5.74, 6) is 0.979. The van der Waals surface area contributed by atoms with Crippen LogP contribution in [0.1, 0.15) is 31.4 Å². The van der Waals surface area contributed by atoms with Gasteiger partial charge in [0.2, 0.25) is 5.91 Å². The first-order valence-electron chi connectivity index (χ1n) is 8.67. The summed E-state index contributed by atoms with van der Waals surface area (Å²) in [6.45, 7) is 7.43. The maximum atomic E-state index is 13.2. The Kier molecular flexibility index (Phi) is 5.18. The highest BCUT2D eigenvalue weighted by molar-refractivity contribution is 5.83. The van der Waals surface area contributed by atoms with Gasteiger partial charge in [0.15, 0.2) is 0 Å². The Hall–Kier alpha value is -1.59. The van der Waals surface area contributed by atoms with Crippen molar-refractivity contribution in [3.05, 3.63) is 29.8 Å². The Morgan fingerprint density at radius 1 is 1.30 bits per heavy atom. The third kappa shape index (κ3) is 3.85. The number of benzene rings is 1. The van der Waals surface area contributed by atoms with Crippen molar-refractivity contribution >= 4 is 5.91 Å². The minimum absolute atomic E-state index is 0.184. The number of amides is 1. The molecule has 0 aliphatic carbocycles. The van der Waals surface area contributed by atoms with Crippen molar-refractivity contribution in [2.75, 3.05) is 39.3 Å². The van der Waals surface area contributed by atoms with Crippen LogP contribution in [-0.2, 0) is 4.79 Å². The molecule has 5 heteroatoms. The van der Waals surface area contributed by atoms with Gasteiger partial charge in [-0.2, -0.15) is 0 Å². The van der Waals surface area contributed by atoms with Gasteiger partial charge in [-0.15, -0.1) is 0 Å². The lowest BCUT2D eigenvalue weighted by Crippen LogP contribution is -2.51. The first-order valence-corrected chi connectivity index (χ1v) is 8.67. The van der Waals surface area contributed by atoms with Crippen molar-refractivity contribution in [3.8, 4) is 5.75 Å². The zero-order chi connectivity index (χ0) is 16.2. The smallest absolute Gasteiger partial charge is 0.244 e. The Morgan fingerprint density at radius 3 is 2.78 bits per heavy atom. The molecule has 2 aliphatic heterocycles. The van der Waals surface area contributed by atoms with Gasteiger partial charge in [0.25, 0.3) is 0 Å². The Morgan fingerprint density at radius 2 is 2.09 bits per heavy atom. The van der Waals surface area contributed by atoms with Crippen LogP contribution in [0.15, 0.2) is 24.3 Å². The lowest BCUT2D eigenvalue weighted by molar-refractivity contribution is -0.139. The summed E-state index contributed by atoms with van der Waals surface area (Å²) in [6, 6.07) is 6.89. The van der Waals surface area contributed by atoms with E-state index in [-0.39, 0.29) is 17.7 Å². The van der Waals surface area contributed by atoms with Crippen molar-refractivity contribution in [3.63, 3.8) is 0 Å². The molecule has 0 spiro atoms. The molecule has 1 aromatic carbocycles. The van der Waals surface area contributed by atoms with Crippen LogP contribution < -0.4 is 5.32 Å². The summed E-state index contributed by atoms with van der Waals surface area (Å²) in [4.78, 5) is 17.5. The van der Waals surface area contributed by atoms with Gasteiger partial charge in [0.05, 0.1) is 0 Å². The average molecular weight is 317 g/mol. The third-order valence-corrected chi connectivity index (χ3v) is 4.91. The molecule has 2 heterocycles. The van der Waals surface area contributed by atoms with Crippen LogP contribution in [0.4, 0.5) is 0 Å². The number of hydrogen-bond acceptors (Lipinski definition) is 4. The predicted molar refractivity (Wildman–Crippen MR) is 90.3 cm³/mol. The molecular formula is C18H27N3O2. The fourth-order valence-electron chi connectivity index (χ4n) is 3.71. The second-order valence-corrected chi connectivity index (χ2v) is 6.82. The van der Waals surface area contributed by atoms with Crippen LogP contribution in [0.3, 0.4) is 0 Å². The summed E-state index contributed by atoms with van der Waals surface area (Å²) < 4.78 is 0. The van der Waals surface area contributed by atoms with E-state index >= 15 is 0 Å². The molecule has 2 N–H and O–H groups in total. The van der Waals surface area contributed by atoms with E-state index in [1.165, 1.54) is 6.42 Å². The molecule has 1 amide bonds. The summed E-state index contributed by atoms with van der Waals surface area (Å²) in [5, 5.41) is 13.2. The average Bonchev–Trinajstić information content (AvgIpc) is 2.56. The number of piperazine rings is 1. The number of carbonyl (C=O) groups is 1. The van der Waals surface area contributed by atoms with Gasteiger partial charge < -0.3 is 15.3 Å². The Bertz CT molecular complexity index is 543. The molecular weight excluding hydrogens is 290 g/mol. The molecule has 2 aliphatic rings. The molecule has 2 unspecified atom stereocenters. The number of likely N-dealkylation sites (tertiary alicyclic amines) is 1.